The van der Waals surface area contributed by atoms with E-state index in [1.54, 1.807) is 12.2 Å². The first-order chi connectivity index (χ1) is 13.6. The van der Waals surface area contributed by atoms with E-state index < -0.39 is 0 Å². The summed E-state index contributed by atoms with van der Waals surface area (Å²) in [5.41, 5.74) is 4.42. The van der Waals surface area contributed by atoms with Crippen LogP contribution in [0.4, 0.5) is 0 Å². The van der Waals surface area contributed by atoms with Gasteiger partial charge in [0, 0.05) is 47.6 Å². The topological polar surface area (TPSA) is 66.1 Å². The lowest BCUT2D eigenvalue weighted by Gasteiger charge is -2.26. The molecule has 2 aromatic heterocycles. The Morgan fingerprint density at radius 2 is 1.82 bits per heavy atom. The number of allylic oxidation sites excluding steroid dienone is 1. The number of H-pyrrole nitrogens is 1. The summed E-state index contributed by atoms with van der Waals surface area (Å²) in [7, 11) is 0. The minimum absolute atomic E-state index is 0.00688. The lowest BCUT2D eigenvalue weighted by Crippen LogP contribution is -2.35. The highest BCUT2D eigenvalue weighted by Crippen LogP contribution is 2.26. The van der Waals surface area contributed by atoms with Crippen molar-refractivity contribution in [2.24, 2.45) is 0 Å². The predicted octanol–water partition coefficient (Wildman–Crippen LogP) is 4.46. The average molecular weight is 373 g/mol. The quantitative estimate of drug-likeness (QED) is 0.687. The maximum atomic E-state index is 12.6. The number of hydrogen-bond acceptors (Lipinski definition) is 3. The van der Waals surface area contributed by atoms with E-state index in [-0.39, 0.29) is 11.7 Å². The van der Waals surface area contributed by atoms with Gasteiger partial charge in [0.15, 0.2) is 5.78 Å². The zero-order valence-corrected chi connectivity index (χ0v) is 15.9. The fourth-order valence-corrected chi connectivity index (χ4v) is 3.61. The van der Waals surface area contributed by atoms with Crippen molar-refractivity contribution >= 4 is 28.8 Å². The van der Waals surface area contributed by atoms with Crippen LogP contribution in [0.25, 0.3) is 28.2 Å². The van der Waals surface area contributed by atoms with Crippen LogP contribution in [0.2, 0.25) is 0 Å². The first kappa shape index (κ1) is 18.2. The van der Waals surface area contributed by atoms with Gasteiger partial charge < -0.3 is 9.88 Å². The van der Waals surface area contributed by atoms with E-state index in [1.807, 2.05) is 41.6 Å². The van der Waals surface area contributed by atoms with Gasteiger partial charge in [-0.25, -0.2) is 4.98 Å². The van der Waals surface area contributed by atoms with E-state index in [0.29, 0.717) is 0 Å². The second-order valence-electron chi connectivity index (χ2n) is 7.24. The molecule has 1 aliphatic rings. The maximum Gasteiger partial charge on any atom is 0.253 e. The van der Waals surface area contributed by atoms with Gasteiger partial charge in [0.1, 0.15) is 5.65 Å². The van der Waals surface area contributed by atoms with Crippen molar-refractivity contribution in [1.29, 1.82) is 0 Å². The highest BCUT2D eigenvalue weighted by Gasteiger charge is 2.18. The van der Waals surface area contributed by atoms with Crippen LogP contribution in [0.5, 0.6) is 0 Å². The van der Waals surface area contributed by atoms with Gasteiger partial charge in [0.05, 0.1) is 0 Å². The first-order valence-electron chi connectivity index (χ1n) is 9.67. The van der Waals surface area contributed by atoms with Gasteiger partial charge in [0.25, 0.3) is 5.91 Å². The number of nitrogens with zero attached hydrogens (tertiary/aromatic N) is 2. The molecule has 1 fully saturated rings. The number of ketones is 1. The lowest BCUT2D eigenvalue weighted by atomic mass is 10.0. The van der Waals surface area contributed by atoms with Crippen LogP contribution in [-0.4, -0.2) is 39.6 Å². The number of pyridine rings is 1. The van der Waals surface area contributed by atoms with Crippen LogP contribution in [0.1, 0.15) is 42.1 Å². The summed E-state index contributed by atoms with van der Waals surface area (Å²) in [5.74, 6) is 0.120. The summed E-state index contributed by atoms with van der Waals surface area (Å²) < 4.78 is 0. The molecule has 142 valence electrons. The third-order valence-corrected chi connectivity index (χ3v) is 5.17. The van der Waals surface area contributed by atoms with Crippen LogP contribution >= 0.6 is 0 Å². The molecule has 0 saturated carbocycles. The van der Waals surface area contributed by atoms with Gasteiger partial charge >= 0.3 is 0 Å². The van der Waals surface area contributed by atoms with Crippen LogP contribution < -0.4 is 0 Å². The van der Waals surface area contributed by atoms with Crippen LogP contribution in [0, 0.1) is 0 Å². The van der Waals surface area contributed by atoms with Crippen molar-refractivity contribution in [1.82, 2.24) is 14.9 Å². The Balaban J connectivity index is 1.60. The highest BCUT2D eigenvalue weighted by atomic mass is 16.2. The number of benzene rings is 1. The Labute approximate surface area is 164 Å². The Kier molecular flexibility index (Phi) is 5.06. The highest BCUT2D eigenvalue weighted by molar-refractivity contribution is 5.97. The van der Waals surface area contributed by atoms with Crippen molar-refractivity contribution in [2.75, 3.05) is 13.1 Å². The van der Waals surface area contributed by atoms with E-state index >= 15 is 0 Å². The number of fused-ring (bicyclic) bond motifs is 1. The number of nitrogens with one attached hydrogen (secondary N) is 1. The lowest BCUT2D eigenvalue weighted by molar-refractivity contribution is -0.112. The molecule has 3 aromatic rings. The van der Waals surface area contributed by atoms with Crippen LogP contribution in [0.3, 0.4) is 0 Å². The number of piperidine rings is 1. The number of amides is 1. The molecule has 5 heteroatoms. The van der Waals surface area contributed by atoms with Crippen molar-refractivity contribution in [3.05, 3.63) is 59.9 Å². The van der Waals surface area contributed by atoms with Gasteiger partial charge in [0.2, 0.25) is 0 Å². The van der Waals surface area contributed by atoms with Gasteiger partial charge in [-0.2, -0.15) is 0 Å². The molecular formula is C23H23N3O2. The van der Waals surface area contributed by atoms with Gasteiger partial charge in [-0.05, 0) is 62.1 Å². The number of likely N-dealkylation sites (tertiary alicyclic amines) is 1. The third kappa shape index (κ3) is 3.74. The molecule has 1 aliphatic heterocycles. The largest absolute Gasteiger partial charge is 0.346 e. The Bertz CT molecular complexity index is 1040. The molecule has 0 aliphatic carbocycles. The van der Waals surface area contributed by atoms with Crippen molar-refractivity contribution in [3.63, 3.8) is 0 Å². The summed E-state index contributed by atoms with van der Waals surface area (Å²) in [6.45, 7) is 3.23. The third-order valence-electron chi connectivity index (χ3n) is 5.17. The Hall–Kier alpha value is -3.21. The normalized spacial score (nSPS) is 14.7. The second kappa shape index (κ2) is 7.80. The van der Waals surface area contributed by atoms with Gasteiger partial charge in [-0.1, -0.05) is 12.1 Å². The molecule has 0 bridgehead atoms. The number of hydrogen-bond donors (Lipinski definition) is 1. The van der Waals surface area contributed by atoms with E-state index in [9.17, 15) is 9.59 Å². The Morgan fingerprint density at radius 3 is 2.54 bits per heavy atom. The van der Waals surface area contributed by atoms with Crippen LogP contribution in [-0.2, 0) is 4.79 Å². The van der Waals surface area contributed by atoms with E-state index in [0.717, 1.165) is 59.2 Å². The molecule has 1 amide bonds. The summed E-state index contributed by atoms with van der Waals surface area (Å²) in [6, 6.07) is 9.78. The van der Waals surface area contributed by atoms with Crippen molar-refractivity contribution in [3.8, 4) is 11.1 Å². The fourth-order valence-electron chi connectivity index (χ4n) is 3.61. The molecule has 0 spiro atoms. The average Bonchev–Trinajstić information content (AvgIpc) is 3.14. The molecular weight excluding hydrogens is 350 g/mol. The molecule has 1 saturated heterocycles. The number of aromatic nitrogens is 2. The summed E-state index contributed by atoms with van der Waals surface area (Å²) in [6.07, 6.45) is 10.4. The number of carbonyl (C=O) groups excluding carboxylic acids is 2. The molecule has 0 radical (unpaired) electrons. The summed E-state index contributed by atoms with van der Waals surface area (Å²) in [4.78, 5) is 33.4. The molecule has 4 rings (SSSR count). The molecule has 0 unspecified atom stereocenters. The van der Waals surface area contributed by atoms with Gasteiger partial charge in [-0.3, -0.25) is 9.59 Å². The Morgan fingerprint density at radius 1 is 1.07 bits per heavy atom. The maximum absolute atomic E-state index is 12.6. The number of carbonyl (C=O) groups is 2. The zero-order valence-electron chi connectivity index (χ0n) is 15.9. The van der Waals surface area contributed by atoms with Gasteiger partial charge in [-0.15, -0.1) is 0 Å². The first-order valence-corrected chi connectivity index (χ1v) is 9.67. The monoisotopic (exact) mass is 373 g/mol. The van der Waals surface area contributed by atoms with Crippen molar-refractivity contribution in [2.45, 2.75) is 26.2 Å². The molecule has 3 heterocycles. The molecule has 28 heavy (non-hydrogen) atoms. The SMILES string of the molecule is CC(=O)/C=C/c1c[nH]c2ncc(-c3ccc(C(=O)N4CCCCC4)cc3)cc12. The molecule has 1 N–H and O–H groups in total. The zero-order chi connectivity index (χ0) is 19.5. The fraction of sp³-hybridized carbons (Fsp3) is 0.261. The standard InChI is InChI=1S/C23H23N3O2/c1-16(27)5-6-19-14-24-22-21(19)13-20(15-25-22)17-7-9-18(10-8-17)23(28)26-11-3-2-4-12-26/h5-10,13-15H,2-4,11-12H2,1H3,(H,24,25)/b6-5+. The second-order valence-corrected chi connectivity index (χ2v) is 7.24. The predicted molar refractivity (Wildman–Crippen MR) is 111 cm³/mol. The van der Waals surface area contributed by atoms with Crippen molar-refractivity contribution < 1.29 is 9.59 Å². The summed E-state index contributed by atoms with van der Waals surface area (Å²) in [5, 5.41) is 0.962. The smallest absolute Gasteiger partial charge is 0.253 e. The molecule has 1 aromatic carbocycles. The minimum Gasteiger partial charge on any atom is -0.346 e. The number of rotatable bonds is 4. The van der Waals surface area contributed by atoms with E-state index in [2.05, 4.69) is 16.0 Å². The van der Waals surface area contributed by atoms with Crippen LogP contribution in [0.15, 0.2) is 48.8 Å². The minimum atomic E-state index is 0.00688. The van der Waals surface area contributed by atoms with E-state index in [4.69, 9.17) is 0 Å². The molecule has 0 atom stereocenters. The number of aromatic amines is 1. The molecule has 5 nitrogen and oxygen atoms in total. The van der Waals surface area contributed by atoms with E-state index in [1.165, 1.54) is 13.3 Å². The summed E-state index contributed by atoms with van der Waals surface area (Å²) >= 11 is 0.